The van der Waals surface area contributed by atoms with Crippen molar-refractivity contribution in [3.05, 3.63) is 0 Å². The maximum absolute atomic E-state index is 10.4. The molecule has 5 N–H and O–H groups in total. The molecule has 6 nitrogen and oxygen atoms in total. The summed E-state index contributed by atoms with van der Waals surface area (Å²) in [5, 5.41) is 8.04. The Balaban J connectivity index is 0. The van der Waals surface area contributed by atoms with Gasteiger partial charge < -0.3 is 16.6 Å². The summed E-state index contributed by atoms with van der Waals surface area (Å²) in [7, 11) is -0.423. The molecule has 1 aliphatic rings. The van der Waals surface area contributed by atoms with E-state index in [4.69, 9.17) is 9.90 Å². The second kappa shape index (κ2) is 13.0. The van der Waals surface area contributed by atoms with Crippen molar-refractivity contribution in [2.75, 3.05) is 11.5 Å². The van der Waals surface area contributed by atoms with Crippen LogP contribution in [0.2, 0.25) is 0 Å². The quantitative estimate of drug-likeness (QED) is 0.699. The Labute approximate surface area is 104 Å². The summed E-state index contributed by atoms with van der Waals surface area (Å²) < 4.78 is 10.4. The highest BCUT2D eigenvalue weighted by Crippen LogP contribution is 2.03. The summed E-state index contributed by atoms with van der Waals surface area (Å²) in [4.78, 5) is 18.8. The zero-order valence-electron chi connectivity index (χ0n) is 10.2. The molecular formula is C10H22N2O4S. The summed E-state index contributed by atoms with van der Waals surface area (Å²) >= 11 is 0. The van der Waals surface area contributed by atoms with Gasteiger partial charge in [0.05, 0.1) is 0 Å². The van der Waals surface area contributed by atoms with E-state index in [1.54, 1.807) is 0 Å². The number of aliphatic carboxylic acids is 1. The maximum Gasteiger partial charge on any atom is 0.309 e. The first-order valence-electron chi connectivity index (χ1n) is 5.51. The highest BCUT2D eigenvalue weighted by Gasteiger charge is 2.05. The van der Waals surface area contributed by atoms with Gasteiger partial charge in [0.2, 0.25) is 0 Å². The molecule has 102 valence electrons. The van der Waals surface area contributed by atoms with Crippen molar-refractivity contribution in [3.63, 3.8) is 0 Å². The van der Waals surface area contributed by atoms with Crippen LogP contribution < -0.4 is 11.5 Å². The lowest BCUT2D eigenvalue weighted by atomic mass is 10.3. The summed E-state index contributed by atoms with van der Waals surface area (Å²) in [5.41, 5.74) is 8.50. The van der Waals surface area contributed by atoms with Gasteiger partial charge in [0, 0.05) is 28.7 Å². The molecule has 0 saturated carbocycles. The number of urea groups is 1. The van der Waals surface area contributed by atoms with Crippen LogP contribution in [-0.4, -0.2) is 32.8 Å². The van der Waals surface area contributed by atoms with Gasteiger partial charge >= 0.3 is 12.0 Å². The molecule has 0 aliphatic carbocycles. The monoisotopic (exact) mass is 266 g/mol. The minimum atomic E-state index is -0.833. The fraction of sp³-hybridized carbons (Fsp3) is 0.800. The fourth-order valence-electron chi connectivity index (χ4n) is 0.956. The first-order valence-corrected chi connectivity index (χ1v) is 7.00. The first-order chi connectivity index (χ1) is 7.90. The number of carboxylic acids is 1. The SMILES string of the molecule is CCCCC(=O)O.NC(N)=O.O=S1CCCC1. The number of nitrogens with two attached hydrogens (primary N) is 2. The largest absolute Gasteiger partial charge is 0.481 e. The molecule has 1 rings (SSSR count). The highest BCUT2D eigenvalue weighted by atomic mass is 32.2. The van der Waals surface area contributed by atoms with E-state index < -0.39 is 22.8 Å². The average Bonchev–Trinajstić information content (AvgIpc) is 2.66. The number of carbonyl (C=O) groups is 2. The van der Waals surface area contributed by atoms with E-state index in [-0.39, 0.29) is 0 Å². The third-order valence-corrected chi connectivity index (χ3v) is 3.23. The number of hydrogen-bond donors (Lipinski definition) is 3. The zero-order chi connectivity index (χ0) is 13.7. The summed E-state index contributed by atoms with van der Waals surface area (Å²) in [6, 6.07) is -0.833. The van der Waals surface area contributed by atoms with E-state index in [2.05, 4.69) is 11.5 Å². The first kappa shape index (κ1) is 18.3. The number of amides is 2. The Bertz CT molecular complexity index is 234. The molecule has 0 aromatic rings. The van der Waals surface area contributed by atoms with Crippen LogP contribution in [0.5, 0.6) is 0 Å². The average molecular weight is 266 g/mol. The molecule has 0 aromatic heterocycles. The Kier molecular flexibility index (Phi) is 13.9. The third-order valence-electron chi connectivity index (χ3n) is 1.74. The summed E-state index contributed by atoms with van der Waals surface area (Å²) in [6.45, 7) is 1.98. The number of primary amides is 2. The van der Waals surface area contributed by atoms with E-state index in [0.717, 1.165) is 24.3 Å². The van der Waals surface area contributed by atoms with Crippen LogP contribution in [0.15, 0.2) is 0 Å². The maximum atomic E-state index is 10.4. The van der Waals surface area contributed by atoms with Crippen LogP contribution in [0.4, 0.5) is 4.79 Å². The lowest BCUT2D eigenvalue weighted by Gasteiger charge is -1.85. The molecule has 0 radical (unpaired) electrons. The highest BCUT2D eigenvalue weighted by molar-refractivity contribution is 7.85. The molecule has 0 unspecified atom stereocenters. The topological polar surface area (TPSA) is 123 Å². The van der Waals surface area contributed by atoms with Gasteiger partial charge in [-0.3, -0.25) is 9.00 Å². The van der Waals surface area contributed by atoms with Gasteiger partial charge in [-0.2, -0.15) is 0 Å². The molecule has 0 spiro atoms. The number of carbonyl (C=O) groups excluding carboxylic acids is 1. The molecule has 1 saturated heterocycles. The molecule has 0 atom stereocenters. The van der Waals surface area contributed by atoms with Gasteiger partial charge in [0.15, 0.2) is 0 Å². The van der Waals surface area contributed by atoms with E-state index in [1.807, 2.05) is 6.92 Å². The molecule has 0 bridgehead atoms. The summed E-state index contributed by atoms with van der Waals surface area (Å²) in [5.74, 6) is 1.22. The number of rotatable bonds is 3. The molecule has 1 heterocycles. The normalized spacial score (nSPS) is 13.9. The standard InChI is InChI=1S/C5H10O2.C4H8OS.CH4N2O/c1-2-3-4-5(6)7;5-6-3-1-2-4-6;2-1(3)4/h2-4H2,1H3,(H,6,7);1-4H2;(H4,2,3,4). The summed E-state index contributed by atoms with van der Waals surface area (Å²) in [6.07, 6.45) is 4.46. The van der Waals surface area contributed by atoms with E-state index >= 15 is 0 Å². The third kappa shape index (κ3) is 25.3. The molecular weight excluding hydrogens is 244 g/mol. The predicted octanol–water partition coefficient (Wildman–Crippen LogP) is 0.814. The number of hydrogen-bond acceptors (Lipinski definition) is 3. The van der Waals surface area contributed by atoms with Crippen LogP contribution in [0, 0.1) is 0 Å². The fourth-order valence-corrected chi connectivity index (χ4v) is 2.21. The van der Waals surface area contributed by atoms with Crippen LogP contribution in [-0.2, 0) is 15.6 Å². The van der Waals surface area contributed by atoms with Gasteiger partial charge in [-0.1, -0.05) is 13.3 Å². The lowest BCUT2D eigenvalue weighted by molar-refractivity contribution is -0.137. The van der Waals surface area contributed by atoms with Crippen molar-refractivity contribution >= 4 is 22.8 Å². The second-order valence-electron chi connectivity index (χ2n) is 3.45. The van der Waals surface area contributed by atoms with Crippen LogP contribution in [0.3, 0.4) is 0 Å². The number of unbranched alkanes of at least 4 members (excludes halogenated alkanes) is 1. The van der Waals surface area contributed by atoms with E-state index in [1.165, 1.54) is 12.8 Å². The van der Waals surface area contributed by atoms with Crippen molar-refractivity contribution in [3.8, 4) is 0 Å². The van der Waals surface area contributed by atoms with Crippen molar-refractivity contribution in [2.45, 2.75) is 39.0 Å². The Hall–Kier alpha value is -1.11. The van der Waals surface area contributed by atoms with Crippen molar-refractivity contribution < 1.29 is 18.9 Å². The van der Waals surface area contributed by atoms with Gasteiger partial charge in [0.1, 0.15) is 0 Å². The molecule has 1 aliphatic heterocycles. The van der Waals surface area contributed by atoms with Crippen LogP contribution in [0.1, 0.15) is 39.0 Å². The van der Waals surface area contributed by atoms with Crippen molar-refractivity contribution in [2.24, 2.45) is 11.5 Å². The molecule has 1 fully saturated rings. The lowest BCUT2D eigenvalue weighted by Crippen LogP contribution is -2.18. The Morgan fingerprint density at radius 1 is 1.24 bits per heavy atom. The van der Waals surface area contributed by atoms with Crippen molar-refractivity contribution in [1.29, 1.82) is 0 Å². The van der Waals surface area contributed by atoms with E-state index in [0.29, 0.717) is 6.42 Å². The van der Waals surface area contributed by atoms with Crippen LogP contribution in [0.25, 0.3) is 0 Å². The van der Waals surface area contributed by atoms with Gasteiger partial charge in [-0.05, 0) is 19.3 Å². The zero-order valence-corrected chi connectivity index (χ0v) is 11.0. The predicted molar refractivity (Wildman–Crippen MR) is 68.0 cm³/mol. The molecule has 2 amide bonds. The van der Waals surface area contributed by atoms with Crippen LogP contribution >= 0.6 is 0 Å². The second-order valence-corrected chi connectivity index (χ2v) is 5.15. The van der Waals surface area contributed by atoms with Gasteiger partial charge in [-0.25, -0.2) is 4.79 Å². The molecule has 0 aromatic carbocycles. The smallest absolute Gasteiger partial charge is 0.309 e. The minimum absolute atomic E-state index is 0.316. The molecule has 17 heavy (non-hydrogen) atoms. The van der Waals surface area contributed by atoms with Crippen molar-refractivity contribution in [1.82, 2.24) is 0 Å². The number of carboxylic acid groups (broad SMARTS) is 1. The van der Waals surface area contributed by atoms with Gasteiger partial charge in [0.25, 0.3) is 0 Å². The minimum Gasteiger partial charge on any atom is -0.481 e. The Morgan fingerprint density at radius 3 is 1.76 bits per heavy atom. The Morgan fingerprint density at radius 2 is 1.65 bits per heavy atom. The van der Waals surface area contributed by atoms with Gasteiger partial charge in [-0.15, -0.1) is 0 Å². The molecule has 7 heteroatoms. The van der Waals surface area contributed by atoms with E-state index in [9.17, 15) is 9.00 Å².